The van der Waals surface area contributed by atoms with Gasteiger partial charge in [-0.1, -0.05) is 30.3 Å². The minimum Gasteiger partial charge on any atom is -0.289 e. The fourth-order valence-corrected chi connectivity index (χ4v) is 1.13. The van der Waals surface area contributed by atoms with Gasteiger partial charge >= 0.3 is 0 Å². The molecule has 5 heteroatoms. The van der Waals surface area contributed by atoms with Crippen LogP contribution >= 0.6 is 12.2 Å². The molecule has 1 aromatic rings. The van der Waals surface area contributed by atoms with Crippen molar-refractivity contribution in [2.24, 2.45) is 0 Å². The number of benzene rings is 1. The van der Waals surface area contributed by atoms with Gasteiger partial charge in [-0.2, -0.15) is 0 Å². The monoisotopic (exact) mass is 212 g/mol. The molecule has 0 aromatic heterocycles. The van der Waals surface area contributed by atoms with Crippen LogP contribution in [0.4, 0.5) is 0 Å². The van der Waals surface area contributed by atoms with E-state index in [4.69, 9.17) is 5.21 Å². The van der Waals surface area contributed by atoms with Gasteiger partial charge in [0.15, 0.2) is 0 Å². The SMILES string of the molecule is ONC(=S)N(O)CCc1ccccc1. The number of hydroxylamine groups is 3. The lowest BCUT2D eigenvalue weighted by Crippen LogP contribution is -2.36. The maximum atomic E-state index is 9.25. The summed E-state index contributed by atoms with van der Waals surface area (Å²) in [4.78, 5) is 0. The predicted molar refractivity (Wildman–Crippen MR) is 56.2 cm³/mol. The fourth-order valence-electron chi connectivity index (χ4n) is 1.04. The molecule has 14 heavy (non-hydrogen) atoms. The van der Waals surface area contributed by atoms with Crippen LogP contribution < -0.4 is 5.48 Å². The molecular weight excluding hydrogens is 200 g/mol. The standard InChI is InChI=1S/C9H12N2O2S/c12-10-9(14)11(13)7-6-8-4-2-1-3-5-8/h1-5,12-13H,6-7H2,(H,10,14). The van der Waals surface area contributed by atoms with E-state index >= 15 is 0 Å². The molecule has 1 rings (SSSR count). The van der Waals surface area contributed by atoms with Crippen molar-refractivity contribution in [1.29, 1.82) is 0 Å². The van der Waals surface area contributed by atoms with Crippen molar-refractivity contribution in [3.05, 3.63) is 35.9 Å². The van der Waals surface area contributed by atoms with E-state index in [-0.39, 0.29) is 5.11 Å². The Labute approximate surface area is 87.7 Å². The second-order valence-corrected chi connectivity index (χ2v) is 3.16. The smallest absolute Gasteiger partial charge is 0.217 e. The van der Waals surface area contributed by atoms with E-state index in [9.17, 15) is 5.21 Å². The van der Waals surface area contributed by atoms with Crippen molar-refractivity contribution in [2.75, 3.05) is 6.54 Å². The normalized spacial score (nSPS) is 9.57. The van der Waals surface area contributed by atoms with E-state index in [1.165, 1.54) is 0 Å². The Balaban J connectivity index is 2.38. The number of nitrogens with one attached hydrogen (secondary N) is 1. The first-order chi connectivity index (χ1) is 6.74. The number of nitrogens with zero attached hydrogens (tertiary/aromatic N) is 1. The molecular formula is C9H12N2O2S. The van der Waals surface area contributed by atoms with E-state index in [1.54, 1.807) is 5.48 Å². The largest absolute Gasteiger partial charge is 0.289 e. The van der Waals surface area contributed by atoms with E-state index in [0.717, 1.165) is 10.6 Å². The van der Waals surface area contributed by atoms with Gasteiger partial charge in [0, 0.05) is 0 Å². The summed E-state index contributed by atoms with van der Waals surface area (Å²) in [6, 6.07) is 9.71. The van der Waals surface area contributed by atoms with Crippen LogP contribution in [-0.4, -0.2) is 27.1 Å². The Morgan fingerprint density at radius 2 is 2.00 bits per heavy atom. The molecule has 0 radical (unpaired) electrons. The Morgan fingerprint density at radius 3 is 2.57 bits per heavy atom. The Morgan fingerprint density at radius 1 is 1.36 bits per heavy atom. The second-order valence-electron chi connectivity index (χ2n) is 2.78. The maximum absolute atomic E-state index is 9.25. The molecule has 0 aliphatic carbocycles. The molecule has 0 atom stereocenters. The summed E-state index contributed by atoms with van der Waals surface area (Å²) in [5, 5.41) is 18.4. The zero-order valence-electron chi connectivity index (χ0n) is 7.55. The van der Waals surface area contributed by atoms with Crippen molar-refractivity contribution in [2.45, 2.75) is 6.42 Å². The average Bonchev–Trinajstić information content (AvgIpc) is 2.26. The quantitative estimate of drug-likeness (QED) is 0.519. The topological polar surface area (TPSA) is 55.7 Å². The lowest BCUT2D eigenvalue weighted by atomic mass is 10.1. The van der Waals surface area contributed by atoms with Crippen LogP contribution in [-0.2, 0) is 6.42 Å². The van der Waals surface area contributed by atoms with E-state index in [0.29, 0.717) is 13.0 Å². The highest BCUT2D eigenvalue weighted by Gasteiger charge is 2.04. The Bertz CT molecular complexity index is 292. The molecule has 0 saturated heterocycles. The molecule has 0 fully saturated rings. The fraction of sp³-hybridized carbons (Fsp3) is 0.222. The molecule has 76 valence electrons. The van der Waals surface area contributed by atoms with Gasteiger partial charge in [0.2, 0.25) is 5.11 Å². The minimum atomic E-state index is -0.0964. The molecule has 3 N–H and O–H groups in total. The summed E-state index contributed by atoms with van der Waals surface area (Å²) in [7, 11) is 0. The van der Waals surface area contributed by atoms with Gasteiger partial charge in [-0.3, -0.25) is 10.4 Å². The molecule has 0 aliphatic rings. The van der Waals surface area contributed by atoms with Gasteiger partial charge in [-0.25, -0.2) is 10.5 Å². The van der Waals surface area contributed by atoms with Gasteiger partial charge in [-0.15, -0.1) is 0 Å². The van der Waals surface area contributed by atoms with Gasteiger partial charge < -0.3 is 0 Å². The molecule has 0 amide bonds. The first kappa shape index (κ1) is 10.9. The van der Waals surface area contributed by atoms with Crippen LogP contribution in [0.3, 0.4) is 0 Å². The third-order valence-corrected chi connectivity index (χ3v) is 2.09. The van der Waals surface area contributed by atoms with Gasteiger partial charge in [0.05, 0.1) is 6.54 Å². The van der Waals surface area contributed by atoms with Crippen LogP contribution in [0.2, 0.25) is 0 Å². The number of rotatable bonds is 3. The summed E-state index contributed by atoms with van der Waals surface area (Å²) >= 11 is 4.61. The summed E-state index contributed by atoms with van der Waals surface area (Å²) in [5.74, 6) is 0. The average molecular weight is 212 g/mol. The first-order valence-electron chi connectivity index (χ1n) is 4.18. The van der Waals surface area contributed by atoms with Gasteiger partial charge in [0.25, 0.3) is 0 Å². The van der Waals surface area contributed by atoms with E-state index < -0.39 is 0 Å². The highest BCUT2D eigenvalue weighted by atomic mass is 32.1. The zero-order valence-corrected chi connectivity index (χ0v) is 8.37. The molecule has 0 unspecified atom stereocenters. The van der Waals surface area contributed by atoms with Crippen molar-refractivity contribution in [3.8, 4) is 0 Å². The zero-order chi connectivity index (χ0) is 10.4. The van der Waals surface area contributed by atoms with Crippen LogP contribution in [0.5, 0.6) is 0 Å². The molecule has 0 spiro atoms. The number of thiocarbonyl (C=S) groups is 1. The minimum absolute atomic E-state index is 0.0964. The van der Waals surface area contributed by atoms with Crippen molar-refractivity contribution >= 4 is 17.3 Å². The maximum Gasteiger partial charge on any atom is 0.217 e. The highest BCUT2D eigenvalue weighted by molar-refractivity contribution is 7.80. The van der Waals surface area contributed by atoms with Crippen molar-refractivity contribution in [1.82, 2.24) is 10.5 Å². The van der Waals surface area contributed by atoms with E-state index in [1.807, 2.05) is 30.3 Å². The summed E-state index contributed by atoms with van der Waals surface area (Å²) < 4.78 is 0. The molecule has 1 aromatic carbocycles. The highest BCUT2D eigenvalue weighted by Crippen LogP contribution is 2.00. The van der Waals surface area contributed by atoms with Crippen molar-refractivity contribution in [3.63, 3.8) is 0 Å². The predicted octanol–water partition coefficient (Wildman–Crippen LogP) is 1.18. The Kier molecular flexibility index (Phi) is 4.31. The number of hydrogen-bond donors (Lipinski definition) is 3. The number of hydrogen-bond acceptors (Lipinski definition) is 3. The lowest BCUT2D eigenvalue weighted by Gasteiger charge is -2.15. The summed E-state index contributed by atoms with van der Waals surface area (Å²) in [5.41, 5.74) is 2.81. The molecule has 0 bridgehead atoms. The summed E-state index contributed by atoms with van der Waals surface area (Å²) in [6.45, 7) is 0.344. The van der Waals surface area contributed by atoms with Crippen molar-refractivity contribution < 1.29 is 10.4 Å². The van der Waals surface area contributed by atoms with Crippen LogP contribution in [0, 0.1) is 0 Å². The van der Waals surface area contributed by atoms with Crippen LogP contribution in [0.25, 0.3) is 0 Å². The molecule has 0 aliphatic heterocycles. The molecule has 0 saturated carbocycles. The third kappa shape index (κ3) is 3.29. The lowest BCUT2D eigenvalue weighted by molar-refractivity contribution is -0.0228. The first-order valence-corrected chi connectivity index (χ1v) is 4.59. The Hall–Kier alpha value is -1.17. The second kappa shape index (κ2) is 5.54. The van der Waals surface area contributed by atoms with Gasteiger partial charge in [-0.05, 0) is 24.2 Å². The summed E-state index contributed by atoms with van der Waals surface area (Å²) in [6.07, 6.45) is 0.666. The van der Waals surface area contributed by atoms with Gasteiger partial charge in [0.1, 0.15) is 0 Å². The van der Waals surface area contributed by atoms with Crippen LogP contribution in [0.1, 0.15) is 5.56 Å². The van der Waals surface area contributed by atoms with Crippen LogP contribution in [0.15, 0.2) is 30.3 Å². The third-order valence-electron chi connectivity index (χ3n) is 1.79. The molecule has 4 nitrogen and oxygen atoms in total. The van der Waals surface area contributed by atoms with E-state index in [2.05, 4.69) is 12.2 Å². The molecule has 0 heterocycles.